The maximum absolute atomic E-state index is 12.4. The summed E-state index contributed by atoms with van der Waals surface area (Å²) in [5.41, 5.74) is 0.457. The topological polar surface area (TPSA) is 93.7 Å². The van der Waals surface area contributed by atoms with Crippen LogP contribution in [-0.2, 0) is 4.79 Å². The fourth-order valence-electron chi connectivity index (χ4n) is 2.43. The van der Waals surface area contributed by atoms with Crippen LogP contribution in [0.1, 0.15) is 22.5 Å². The van der Waals surface area contributed by atoms with Crippen LogP contribution in [0.2, 0.25) is 0 Å². The standard InChI is InChI=1S/C14H19N3O4/c1-10-3-4-11(13(20)15-10)14(21)17-6-2-5-16(7-8-17)9-12(18)19/h3-4H,2,5-9H2,1H3,(H,15,20)(H,18,19). The van der Waals surface area contributed by atoms with E-state index in [9.17, 15) is 14.4 Å². The van der Waals surface area contributed by atoms with Crippen LogP contribution in [0, 0.1) is 6.92 Å². The van der Waals surface area contributed by atoms with Crippen LogP contribution in [0.3, 0.4) is 0 Å². The minimum Gasteiger partial charge on any atom is -0.480 e. The number of carboxylic acid groups (broad SMARTS) is 1. The monoisotopic (exact) mass is 293 g/mol. The fraction of sp³-hybridized carbons (Fsp3) is 0.500. The van der Waals surface area contributed by atoms with Crippen molar-refractivity contribution < 1.29 is 14.7 Å². The van der Waals surface area contributed by atoms with Gasteiger partial charge in [-0.2, -0.15) is 0 Å². The summed E-state index contributed by atoms with van der Waals surface area (Å²) in [7, 11) is 0. The van der Waals surface area contributed by atoms with E-state index in [0.717, 1.165) is 0 Å². The van der Waals surface area contributed by atoms with Crippen molar-refractivity contribution in [2.75, 3.05) is 32.7 Å². The maximum atomic E-state index is 12.4. The number of aromatic amines is 1. The highest BCUT2D eigenvalue weighted by Crippen LogP contribution is 2.07. The molecule has 2 heterocycles. The summed E-state index contributed by atoms with van der Waals surface area (Å²) in [6, 6.07) is 3.24. The molecule has 114 valence electrons. The molecule has 1 amide bonds. The molecule has 0 atom stereocenters. The molecule has 0 aliphatic carbocycles. The molecule has 0 spiro atoms. The molecule has 1 saturated heterocycles. The molecule has 0 unspecified atom stereocenters. The maximum Gasteiger partial charge on any atom is 0.317 e. The highest BCUT2D eigenvalue weighted by Gasteiger charge is 2.22. The van der Waals surface area contributed by atoms with Gasteiger partial charge in [0.25, 0.3) is 11.5 Å². The molecule has 0 aromatic carbocycles. The number of hydrogen-bond donors (Lipinski definition) is 2. The van der Waals surface area contributed by atoms with Crippen molar-refractivity contribution >= 4 is 11.9 Å². The lowest BCUT2D eigenvalue weighted by Crippen LogP contribution is -2.38. The van der Waals surface area contributed by atoms with E-state index >= 15 is 0 Å². The number of aryl methyl sites for hydroxylation is 1. The van der Waals surface area contributed by atoms with Crippen molar-refractivity contribution in [3.63, 3.8) is 0 Å². The van der Waals surface area contributed by atoms with Gasteiger partial charge in [-0.25, -0.2) is 0 Å². The molecule has 1 aliphatic heterocycles. The van der Waals surface area contributed by atoms with Crippen LogP contribution in [0.15, 0.2) is 16.9 Å². The van der Waals surface area contributed by atoms with Crippen molar-refractivity contribution in [1.29, 1.82) is 0 Å². The van der Waals surface area contributed by atoms with Gasteiger partial charge in [0.2, 0.25) is 0 Å². The highest BCUT2D eigenvalue weighted by atomic mass is 16.4. The summed E-state index contributed by atoms with van der Waals surface area (Å²) in [4.78, 5) is 41.0. The Balaban J connectivity index is 2.06. The fourth-order valence-corrected chi connectivity index (χ4v) is 2.43. The second-order valence-electron chi connectivity index (χ2n) is 5.20. The summed E-state index contributed by atoms with van der Waals surface area (Å²) >= 11 is 0. The number of rotatable bonds is 3. The quantitative estimate of drug-likeness (QED) is 0.812. The number of carbonyl (C=O) groups excluding carboxylic acids is 1. The lowest BCUT2D eigenvalue weighted by Gasteiger charge is -2.20. The number of nitrogens with zero attached hydrogens (tertiary/aromatic N) is 2. The summed E-state index contributed by atoms with van der Waals surface area (Å²) in [6.07, 6.45) is 0.697. The molecule has 2 N–H and O–H groups in total. The van der Waals surface area contributed by atoms with Crippen LogP contribution in [0.5, 0.6) is 0 Å². The van der Waals surface area contributed by atoms with Crippen LogP contribution in [0.4, 0.5) is 0 Å². The number of carboxylic acids is 1. The zero-order valence-electron chi connectivity index (χ0n) is 12.0. The minimum absolute atomic E-state index is 0.0207. The van der Waals surface area contributed by atoms with Crippen molar-refractivity contribution in [3.8, 4) is 0 Å². The summed E-state index contributed by atoms with van der Waals surface area (Å²) in [5, 5.41) is 8.81. The first-order valence-corrected chi connectivity index (χ1v) is 6.90. The predicted octanol–water partition coefficient (Wildman–Crippen LogP) is -0.0842. The summed E-state index contributed by atoms with van der Waals surface area (Å²) < 4.78 is 0. The van der Waals surface area contributed by atoms with E-state index in [4.69, 9.17) is 5.11 Å². The largest absolute Gasteiger partial charge is 0.480 e. The molecule has 1 fully saturated rings. The Morgan fingerprint density at radius 1 is 1.24 bits per heavy atom. The van der Waals surface area contributed by atoms with Crippen molar-refractivity contribution in [3.05, 3.63) is 33.7 Å². The number of carbonyl (C=O) groups is 2. The number of pyridine rings is 1. The molecule has 7 heteroatoms. The summed E-state index contributed by atoms with van der Waals surface area (Å²) in [5.74, 6) is -1.17. The number of nitrogens with one attached hydrogen (secondary N) is 1. The van der Waals surface area contributed by atoms with Crippen molar-refractivity contribution in [2.45, 2.75) is 13.3 Å². The average molecular weight is 293 g/mol. The lowest BCUT2D eigenvalue weighted by atomic mass is 10.2. The third-order valence-corrected chi connectivity index (χ3v) is 3.52. The van der Waals surface area contributed by atoms with E-state index < -0.39 is 5.97 Å². The SMILES string of the molecule is Cc1ccc(C(=O)N2CCCN(CC(=O)O)CC2)c(=O)[nH]1. The Bertz CT molecular complexity index is 596. The number of aliphatic carboxylic acids is 1. The molecule has 2 rings (SSSR count). The molecule has 1 aromatic heterocycles. The molecular formula is C14H19N3O4. The number of hydrogen-bond acceptors (Lipinski definition) is 4. The molecule has 1 aliphatic rings. The molecular weight excluding hydrogens is 274 g/mol. The van der Waals surface area contributed by atoms with E-state index in [1.54, 1.807) is 22.8 Å². The van der Waals surface area contributed by atoms with Gasteiger partial charge in [0.05, 0.1) is 6.54 Å². The van der Waals surface area contributed by atoms with E-state index in [-0.39, 0.29) is 23.6 Å². The van der Waals surface area contributed by atoms with Gasteiger partial charge in [-0.1, -0.05) is 0 Å². The van der Waals surface area contributed by atoms with Gasteiger partial charge in [0.15, 0.2) is 0 Å². The van der Waals surface area contributed by atoms with Gasteiger partial charge in [0.1, 0.15) is 5.56 Å². The third kappa shape index (κ3) is 3.91. The molecule has 7 nitrogen and oxygen atoms in total. The number of amides is 1. The molecule has 0 bridgehead atoms. The second-order valence-corrected chi connectivity index (χ2v) is 5.20. The lowest BCUT2D eigenvalue weighted by molar-refractivity contribution is -0.138. The van der Waals surface area contributed by atoms with Gasteiger partial charge >= 0.3 is 5.97 Å². The Labute approximate surface area is 122 Å². The minimum atomic E-state index is -0.871. The zero-order valence-corrected chi connectivity index (χ0v) is 12.0. The summed E-state index contributed by atoms with van der Waals surface area (Å²) in [6.45, 7) is 3.84. The Morgan fingerprint density at radius 2 is 2.00 bits per heavy atom. The van der Waals surface area contributed by atoms with Gasteiger partial charge in [-0.15, -0.1) is 0 Å². The van der Waals surface area contributed by atoms with Gasteiger partial charge in [-0.05, 0) is 25.5 Å². The van der Waals surface area contributed by atoms with Crippen LogP contribution in [0.25, 0.3) is 0 Å². The van der Waals surface area contributed by atoms with E-state index in [0.29, 0.717) is 38.3 Å². The molecule has 1 aromatic rings. The Morgan fingerprint density at radius 3 is 2.67 bits per heavy atom. The van der Waals surface area contributed by atoms with Gasteiger partial charge in [0, 0.05) is 31.9 Å². The normalized spacial score (nSPS) is 16.5. The van der Waals surface area contributed by atoms with E-state index in [1.165, 1.54) is 6.07 Å². The number of H-pyrrole nitrogens is 1. The van der Waals surface area contributed by atoms with Gasteiger partial charge in [-0.3, -0.25) is 19.3 Å². The van der Waals surface area contributed by atoms with Crippen molar-refractivity contribution in [2.24, 2.45) is 0 Å². The molecule has 0 radical (unpaired) electrons. The van der Waals surface area contributed by atoms with Crippen LogP contribution >= 0.6 is 0 Å². The number of aromatic nitrogens is 1. The highest BCUT2D eigenvalue weighted by molar-refractivity contribution is 5.93. The first kappa shape index (κ1) is 15.2. The second kappa shape index (κ2) is 6.53. The average Bonchev–Trinajstić information content (AvgIpc) is 2.63. The van der Waals surface area contributed by atoms with Gasteiger partial charge < -0.3 is 15.0 Å². The Hall–Kier alpha value is -2.15. The molecule has 21 heavy (non-hydrogen) atoms. The van der Waals surface area contributed by atoms with Crippen molar-refractivity contribution in [1.82, 2.24) is 14.8 Å². The van der Waals surface area contributed by atoms with Crippen LogP contribution in [-0.4, -0.2) is 64.5 Å². The van der Waals surface area contributed by atoms with E-state index in [2.05, 4.69) is 4.98 Å². The predicted molar refractivity (Wildman–Crippen MR) is 76.4 cm³/mol. The first-order chi connectivity index (χ1) is 9.97. The van der Waals surface area contributed by atoms with Crippen LogP contribution < -0.4 is 5.56 Å². The third-order valence-electron chi connectivity index (χ3n) is 3.52. The van der Waals surface area contributed by atoms with E-state index in [1.807, 2.05) is 0 Å². The Kier molecular flexibility index (Phi) is 4.74. The smallest absolute Gasteiger partial charge is 0.317 e. The molecule has 0 saturated carbocycles. The zero-order chi connectivity index (χ0) is 15.4. The first-order valence-electron chi connectivity index (χ1n) is 6.90.